The molecule has 1 aromatic carbocycles. The molecule has 1 atom stereocenters. The summed E-state index contributed by atoms with van der Waals surface area (Å²) in [6.07, 6.45) is -0.648. The average Bonchev–Trinajstić information content (AvgIpc) is 2.26. The third-order valence-electron chi connectivity index (χ3n) is 1.93. The van der Waals surface area contributed by atoms with Gasteiger partial charge in [0.1, 0.15) is 0 Å². The molecule has 0 saturated carbocycles. The van der Waals surface area contributed by atoms with Gasteiger partial charge >= 0.3 is 5.97 Å². The standard InChI is InChI=1S/C12H16O3/c1-9(2)15-11(12(13)14-3)10-7-5-4-6-8-10/h4-9,11H,1-3H3/t11-/m1/s1. The maximum atomic E-state index is 11.5. The molecule has 0 bridgehead atoms. The van der Waals surface area contributed by atoms with Gasteiger partial charge in [0, 0.05) is 0 Å². The topological polar surface area (TPSA) is 35.5 Å². The number of carbonyl (C=O) groups is 1. The number of benzene rings is 1. The molecule has 82 valence electrons. The van der Waals surface area contributed by atoms with Crippen molar-refractivity contribution >= 4 is 5.97 Å². The average molecular weight is 208 g/mol. The van der Waals surface area contributed by atoms with Crippen LogP contribution >= 0.6 is 0 Å². The van der Waals surface area contributed by atoms with Crippen LogP contribution in [-0.4, -0.2) is 19.2 Å². The van der Waals surface area contributed by atoms with E-state index in [2.05, 4.69) is 0 Å². The first-order chi connectivity index (χ1) is 7.15. The van der Waals surface area contributed by atoms with Crippen molar-refractivity contribution in [2.45, 2.75) is 26.1 Å². The first-order valence-corrected chi connectivity index (χ1v) is 4.93. The highest BCUT2D eigenvalue weighted by Gasteiger charge is 2.22. The maximum absolute atomic E-state index is 11.5. The lowest BCUT2D eigenvalue weighted by Crippen LogP contribution is -2.20. The minimum absolute atomic E-state index is 0.0192. The van der Waals surface area contributed by atoms with Crippen LogP contribution in [0.3, 0.4) is 0 Å². The van der Waals surface area contributed by atoms with Gasteiger partial charge in [-0.2, -0.15) is 0 Å². The van der Waals surface area contributed by atoms with Crippen LogP contribution in [0.2, 0.25) is 0 Å². The van der Waals surface area contributed by atoms with E-state index in [1.807, 2.05) is 44.2 Å². The molecular weight excluding hydrogens is 192 g/mol. The summed E-state index contributed by atoms with van der Waals surface area (Å²) < 4.78 is 10.2. The van der Waals surface area contributed by atoms with Gasteiger partial charge in [0.2, 0.25) is 0 Å². The van der Waals surface area contributed by atoms with Gasteiger partial charge in [0.25, 0.3) is 0 Å². The second-order valence-electron chi connectivity index (χ2n) is 3.50. The van der Waals surface area contributed by atoms with Gasteiger partial charge in [-0.25, -0.2) is 4.79 Å². The molecule has 0 heterocycles. The van der Waals surface area contributed by atoms with Gasteiger partial charge in [-0.05, 0) is 19.4 Å². The van der Waals surface area contributed by atoms with Crippen molar-refractivity contribution in [2.24, 2.45) is 0 Å². The molecule has 0 fully saturated rings. The number of carbonyl (C=O) groups excluding carboxylic acids is 1. The molecule has 3 nitrogen and oxygen atoms in total. The Kier molecular flexibility index (Phi) is 4.31. The Hall–Kier alpha value is -1.35. The molecule has 15 heavy (non-hydrogen) atoms. The van der Waals surface area contributed by atoms with Gasteiger partial charge in [-0.15, -0.1) is 0 Å². The fourth-order valence-electron chi connectivity index (χ4n) is 1.28. The molecule has 0 aliphatic heterocycles. The Bertz CT molecular complexity index is 306. The van der Waals surface area contributed by atoms with Crippen molar-refractivity contribution in [2.75, 3.05) is 7.11 Å². The summed E-state index contributed by atoms with van der Waals surface area (Å²) >= 11 is 0. The zero-order valence-corrected chi connectivity index (χ0v) is 9.27. The number of rotatable bonds is 4. The molecule has 0 spiro atoms. The van der Waals surface area contributed by atoms with E-state index in [9.17, 15) is 4.79 Å². The van der Waals surface area contributed by atoms with Crippen LogP contribution in [0.4, 0.5) is 0 Å². The highest BCUT2D eigenvalue weighted by atomic mass is 16.6. The lowest BCUT2D eigenvalue weighted by molar-refractivity contribution is -0.157. The molecule has 0 unspecified atom stereocenters. The third kappa shape index (κ3) is 3.36. The van der Waals surface area contributed by atoms with E-state index in [1.54, 1.807) is 0 Å². The lowest BCUT2D eigenvalue weighted by Gasteiger charge is -2.18. The predicted molar refractivity (Wildman–Crippen MR) is 57.4 cm³/mol. The van der Waals surface area contributed by atoms with Crippen molar-refractivity contribution in [3.63, 3.8) is 0 Å². The monoisotopic (exact) mass is 208 g/mol. The first kappa shape index (κ1) is 11.7. The van der Waals surface area contributed by atoms with Gasteiger partial charge in [0.05, 0.1) is 13.2 Å². The van der Waals surface area contributed by atoms with Crippen LogP contribution in [0, 0.1) is 0 Å². The molecule has 0 N–H and O–H groups in total. The summed E-state index contributed by atoms with van der Waals surface area (Å²) in [5, 5.41) is 0. The fraction of sp³-hybridized carbons (Fsp3) is 0.417. The fourth-order valence-corrected chi connectivity index (χ4v) is 1.28. The normalized spacial score (nSPS) is 12.5. The van der Waals surface area contributed by atoms with E-state index in [-0.39, 0.29) is 12.1 Å². The number of methoxy groups -OCH3 is 1. The second kappa shape index (κ2) is 5.51. The molecule has 0 aliphatic rings. The Morgan fingerprint density at radius 3 is 2.27 bits per heavy atom. The van der Waals surface area contributed by atoms with Crippen molar-refractivity contribution < 1.29 is 14.3 Å². The second-order valence-corrected chi connectivity index (χ2v) is 3.50. The molecule has 1 rings (SSSR count). The first-order valence-electron chi connectivity index (χ1n) is 4.93. The van der Waals surface area contributed by atoms with Gasteiger partial charge in [0.15, 0.2) is 6.10 Å². The van der Waals surface area contributed by atoms with Gasteiger partial charge in [-0.3, -0.25) is 0 Å². The van der Waals surface area contributed by atoms with Crippen LogP contribution in [0.15, 0.2) is 30.3 Å². The summed E-state index contributed by atoms with van der Waals surface area (Å²) in [5.41, 5.74) is 0.818. The maximum Gasteiger partial charge on any atom is 0.339 e. The van der Waals surface area contributed by atoms with E-state index >= 15 is 0 Å². The predicted octanol–water partition coefficient (Wildman–Crippen LogP) is 2.33. The van der Waals surface area contributed by atoms with Crippen LogP contribution in [0.1, 0.15) is 25.5 Å². The van der Waals surface area contributed by atoms with Crippen LogP contribution in [-0.2, 0) is 14.3 Å². The van der Waals surface area contributed by atoms with E-state index in [0.29, 0.717) is 0 Å². The van der Waals surface area contributed by atoms with Gasteiger partial charge in [-0.1, -0.05) is 30.3 Å². The zero-order valence-electron chi connectivity index (χ0n) is 9.27. The lowest BCUT2D eigenvalue weighted by atomic mass is 10.1. The summed E-state index contributed by atoms with van der Waals surface area (Å²) in [7, 11) is 1.36. The summed E-state index contributed by atoms with van der Waals surface area (Å²) in [6.45, 7) is 3.78. The van der Waals surface area contributed by atoms with Crippen molar-refractivity contribution in [3.05, 3.63) is 35.9 Å². The molecule has 0 saturated heterocycles. The number of hydrogen-bond acceptors (Lipinski definition) is 3. The van der Waals surface area contributed by atoms with Crippen molar-refractivity contribution in [1.82, 2.24) is 0 Å². The minimum atomic E-state index is -0.629. The quantitative estimate of drug-likeness (QED) is 0.712. The minimum Gasteiger partial charge on any atom is -0.467 e. The largest absolute Gasteiger partial charge is 0.467 e. The Balaban J connectivity index is 2.86. The summed E-state index contributed by atoms with van der Waals surface area (Å²) in [5.74, 6) is -0.366. The van der Waals surface area contributed by atoms with E-state index < -0.39 is 6.10 Å². The Morgan fingerprint density at radius 2 is 1.80 bits per heavy atom. The SMILES string of the molecule is COC(=O)[C@H](OC(C)C)c1ccccc1. The van der Waals surface area contributed by atoms with Crippen molar-refractivity contribution in [3.8, 4) is 0 Å². The number of hydrogen-bond donors (Lipinski definition) is 0. The third-order valence-corrected chi connectivity index (χ3v) is 1.93. The van der Waals surface area contributed by atoms with Gasteiger partial charge < -0.3 is 9.47 Å². The van der Waals surface area contributed by atoms with Crippen LogP contribution < -0.4 is 0 Å². The molecular formula is C12H16O3. The molecule has 0 radical (unpaired) electrons. The Labute approximate surface area is 90.0 Å². The van der Waals surface area contributed by atoms with Crippen LogP contribution in [0.5, 0.6) is 0 Å². The van der Waals surface area contributed by atoms with E-state index in [0.717, 1.165) is 5.56 Å². The van der Waals surface area contributed by atoms with Crippen LogP contribution in [0.25, 0.3) is 0 Å². The molecule has 3 heteroatoms. The zero-order chi connectivity index (χ0) is 11.3. The highest BCUT2D eigenvalue weighted by Crippen LogP contribution is 2.20. The van der Waals surface area contributed by atoms with Crippen molar-refractivity contribution in [1.29, 1.82) is 0 Å². The molecule has 0 aromatic heterocycles. The highest BCUT2D eigenvalue weighted by molar-refractivity contribution is 5.76. The summed E-state index contributed by atoms with van der Waals surface area (Å²) in [6, 6.07) is 9.34. The number of ether oxygens (including phenoxy) is 2. The van der Waals surface area contributed by atoms with E-state index in [1.165, 1.54) is 7.11 Å². The smallest absolute Gasteiger partial charge is 0.339 e. The Morgan fingerprint density at radius 1 is 1.20 bits per heavy atom. The van der Waals surface area contributed by atoms with E-state index in [4.69, 9.17) is 9.47 Å². The summed E-state index contributed by atoms with van der Waals surface area (Å²) in [4.78, 5) is 11.5. The molecule has 1 aromatic rings. The molecule has 0 aliphatic carbocycles. The number of esters is 1. The molecule has 0 amide bonds.